The van der Waals surface area contributed by atoms with Crippen molar-refractivity contribution in [2.45, 2.75) is 17.8 Å². The molecule has 3 aromatic rings. The number of carbonyl (C=O) groups is 1. The maximum absolute atomic E-state index is 12.2. The summed E-state index contributed by atoms with van der Waals surface area (Å²) >= 11 is 2.70. The quantitative estimate of drug-likeness (QED) is 0.704. The van der Waals surface area contributed by atoms with Gasteiger partial charge in [0.25, 0.3) is 5.91 Å². The van der Waals surface area contributed by atoms with Gasteiger partial charge in [0, 0.05) is 12.7 Å². The first kappa shape index (κ1) is 15.6. The molecule has 0 aliphatic rings. The SMILES string of the molecule is Cc1ccc(NC(=O)c2nnc(CSc3nnnn3C)s2)cc1. The summed E-state index contributed by atoms with van der Waals surface area (Å²) in [6.07, 6.45) is 0. The van der Waals surface area contributed by atoms with Crippen molar-refractivity contribution >= 4 is 34.7 Å². The number of anilines is 1. The average molecular weight is 347 g/mol. The number of tetrazole rings is 1. The van der Waals surface area contributed by atoms with Gasteiger partial charge in [0.05, 0.1) is 5.75 Å². The van der Waals surface area contributed by atoms with Crippen molar-refractivity contribution in [1.29, 1.82) is 0 Å². The third kappa shape index (κ3) is 3.90. The average Bonchev–Trinajstić information content (AvgIpc) is 3.16. The molecule has 0 unspecified atom stereocenters. The minimum Gasteiger partial charge on any atom is -0.320 e. The van der Waals surface area contributed by atoms with Crippen LogP contribution in [0.3, 0.4) is 0 Å². The molecule has 1 amide bonds. The number of hydrogen-bond donors (Lipinski definition) is 1. The predicted octanol–water partition coefficient (Wildman–Crippen LogP) is 1.91. The van der Waals surface area contributed by atoms with E-state index in [9.17, 15) is 4.79 Å². The second kappa shape index (κ2) is 6.84. The van der Waals surface area contributed by atoms with Crippen LogP contribution in [0.4, 0.5) is 5.69 Å². The van der Waals surface area contributed by atoms with Gasteiger partial charge in [-0.15, -0.1) is 15.3 Å². The summed E-state index contributed by atoms with van der Waals surface area (Å²) < 4.78 is 1.58. The van der Waals surface area contributed by atoms with Crippen molar-refractivity contribution in [1.82, 2.24) is 30.4 Å². The summed E-state index contributed by atoms with van der Waals surface area (Å²) in [5, 5.41) is 23.7. The molecule has 10 heteroatoms. The van der Waals surface area contributed by atoms with Gasteiger partial charge in [-0.2, -0.15) is 0 Å². The van der Waals surface area contributed by atoms with Crippen molar-refractivity contribution in [3.8, 4) is 0 Å². The molecule has 0 saturated carbocycles. The molecule has 0 atom stereocenters. The fourth-order valence-corrected chi connectivity index (χ4v) is 3.27. The Kier molecular flexibility index (Phi) is 4.63. The summed E-state index contributed by atoms with van der Waals surface area (Å²) in [6, 6.07) is 7.58. The fourth-order valence-electron chi connectivity index (χ4n) is 1.69. The van der Waals surface area contributed by atoms with E-state index in [-0.39, 0.29) is 5.91 Å². The standard InChI is InChI=1S/C13H13N7OS2/c1-8-3-5-9(6-4-8)14-11(21)12-16-15-10(23-12)7-22-13-17-18-19-20(13)2/h3-6H,7H2,1-2H3,(H,14,21). The van der Waals surface area contributed by atoms with Crippen LogP contribution in [0.15, 0.2) is 29.4 Å². The van der Waals surface area contributed by atoms with Gasteiger partial charge in [-0.05, 0) is 29.5 Å². The second-order valence-electron chi connectivity index (χ2n) is 4.69. The lowest BCUT2D eigenvalue weighted by Crippen LogP contribution is -2.11. The predicted molar refractivity (Wildman–Crippen MR) is 87.4 cm³/mol. The Balaban J connectivity index is 1.60. The number of aromatic nitrogens is 6. The molecule has 0 aliphatic heterocycles. The summed E-state index contributed by atoms with van der Waals surface area (Å²) in [6.45, 7) is 1.99. The Morgan fingerprint density at radius 1 is 1.26 bits per heavy atom. The number of nitrogens with one attached hydrogen (secondary N) is 1. The highest BCUT2D eigenvalue weighted by Gasteiger charge is 2.14. The third-order valence-electron chi connectivity index (χ3n) is 2.88. The van der Waals surface area contributed by atoms with Gasteiger partial charge in [-0.1, -0.05) is 40.8 Å². The summed E-state index contributed by atoms with van der Waals surface area (Å²) in [5.41, 5.74) is 1.87. The van der Waals surface area contributed by atoms with Gasteiger partial charge in [0.15, 0.2) is 0 Å². The normalized spacial score (nSPS) is 10.7. The van der Waals surface area contributed by atoms with E-state index < -0.39 is 0 Å². The molecule has 0 aliphatic carbocycles. The first-order valence-corrected chi connectivity index (χ1v) is 8.47. The molecule has 118 valence electrons. The molecule has 2 heterocycles. The molecule has 0 saturated heterocycles. The van der Waals surface area contributed by atoms with Crippen LogP contribution in [-0.4, -0.2) is 36.3 Å². The largest absolute Gasteiger partial charge is 0.320 e. The zero-order valence-electron chi connectivity index (χ0n) is 12.4. The van der Waals surface area contributed by atoms with E-state index in [0.717, 1.165) is 16.3 Å². The van der Waals surface area contributed by atoms with Crippen LogP contribution in [0.1, 0.15) is 20.4 Å². The number of nitrogens with zero attached hydrogens (tertiary/aromatic N) is 6. The van der Waals surface area contributed by atoms with E-state index in [0.29, 0.717) is 15.9 Å². The van der Waals surface area contributed by atoms with Gasteiger partial charge < -0.3 is 5.32 Å². The Morgan fingerprint density at radius 2 is 2.04 bits per heavy atom. The zero-order chi connectivity index (χ0) is 16.2. The minimum atomic E-state index is -0.261. The van der Waals surface area contributed by atoms with Crippen LogP contribution in [0.5, 0.6) is 0 Å². The molecular weight excluding hydrogens is 334 g/mol. The van der Waals surface area contributed by atoms with Gasteiger partial charge in [-0.25, -0.2) is 4.68 Å². The highest BCUT2D eigenvalue weighted by Crippen LogP contribution is 2.22. The molecule has 0 fully saturated rings. The first-order valence-electron chi connectivity index (χ1n) is 6.67. The second-order valence-corrected chi connectivity index (χ2v) is 6.70. The van der Waals surface area contributed by atoms with Crippen molar-refractivity contribution in [2.75, 3.05) is 5.32 Å². The summed E-state index contributed by atoms with van der Waals surface area (Å²) in [5.74, 6) is 0.298. The number of thioether (sulfide) groups is 1. The van der Waals surface area contributed by atoms with E-state index in [4.69, 9.17) is 0 Å². The van der Waals surface area contributed by atoms with Crippen molar-refractivity contribution in [2.24, 2.45) is 7.05 Å². The molecule has 8 nitrogen and oxygen atoms in total. The number of hydrogen-bond acceptors (Lipinski definition) is 8. The molecule has 0 spiro atoms. The van der Waals surface area contributed by atoms with Crippen LogP contribution in [-0.2, 0) is 12.8 Å². The zero-order valence-corrected chi connectivity index (χ0v) is 14.1. The smallest absolute Gasteiger partial charge is 0.286 e. The van der Waals surface area contributed by atoms with Crippen molar-refractivity contribution in [3.05, 3.63) is 39.8 Å². The van der Waals surface area contributed by atoms with Crippen molar-refractivity contribution in [3.63, 3.8) is 0 Å². The van der Waals surface area contributed by atoms with E-state index in [2.05, 4.69) is 31.0 Å². The molecule has 0 radical (unpaired) electrons. The fraction of sp³-hybridized carbons (Fsp3) is 0.231. The van der Waals surface area contributed by atoms with E-state index in [1.165, 1.54) is 23.1 Å². The lowest BCUT2D eigenvalue weighted by Gasteiger charge is -2.02. The molecular formula is C13H13N7OS2. The highest BCUT2D eigenvalue weighted by molar-refractivity contribution is 7.98. The maximum Gasteiger partial charge on any atom is 0.286 e. The molecule has 23 heavy (non-hydrogen) atoms. The molecule has 0 bridgehead atoms. The lowest BCUT2D eigenvalue weighted by molar-refractivity contribution is 0.102. The van der Waals surface area contributed by atoms with Crippen LogP contribution in [0.2, 0.25) is 0 Å². The van der Waals surface area contributed by atoms with Crippen LogP contribution >= 0.6 is 23.1 Å². The third-order valence-corrected chi connectivity index (χ3v) is 5.00. The van der Waals surface area contributed by atoms with Gasteiger partial charge in [0.2, 0.25) is 10.2 Å². The Labute approximate surface area is 140 Å². The van der Waals surface area contributed by atoms with Crippen LogP contribution in [0, 0.1) is 6.92 Å². The Morgan fingerprint density at radius 3 is 2.74 bits per heavy atom. The van der Waals surface area contributed by atoms with Gasteiger partial charge >= 0.3 is 0 Å². The summed E-state index contributed by atoms with van der Waals surface area (Å²) in [7, 11) is 1.77. The van der Waals surface area contributed by atoms with E-state index in [1.54, 1.807) is 11.7 Å². The Hall–Kier alpha value is -2.33. The van der Waals surface area contributed by atoms with Crippen molar-refractivity contribution < 1.29 is 4.79 Å². The number of amides is 1. The van der Waals surface area contributed by atoms with E-state index in [1.807, 2.05) is 31.2 Å². The maximum atomic E-state index is 12.2. The van der Waals surface area contributed by atoms with Crippen LogP contribution < -0.4 is 5.32 Å². The minimum absolute atomic E-state index is 0.261. The molecule has 1 N–H and O–H groups in total. The van der Waals surface area contributed by atoms with Crippen LogP contribution in [0.25, 0.3) is 0 Å². The molecule has 3 rings (SSSR count). The Bertz CT molecular complexity index is 812. The van der Waals surface area contributed by atoms with E-state index >= 15 is 0 Å². The number of rotatable bonds is 5. The van der Waals surface area contributed by atoms with Gasteiger partial charge in [-0.3, -0.25) is 4.79 Å². The molecule has 1 aromatic carbocycles. The monoisotopic (exact) mass is 347 g/mol. The number of carbonyl (C=O) groups excluding carboxylic acids is 1. The topological polar surface area (TPSA) is 98.5 Å². The summed E-state index contributed by atoms with van der Waals surface area (Å²) in [4.78, 5) is 12.2. The number of aryl methyl sites for hydroxylation is 2. The number of benzene rings is 1. The lowest BCUT2D eigenvalue weighted by atomic mass is 10.2. The molecule has 2 aromatic heterocycles. The van der Waals surface area contributed by atoms with Gasteiger partial charge in [0.1, 0.15) is 5.01 Å². The first-order chi connectivity index (χ1) is 11.1. The highest BCUT2D eigenvalue weighted by atomic mass is 32.2.